The van der Waals surface area contributed by atoms with Gasteiger partial charge in [-0.05, 0) is 93.7 Å². The van der Waals surface area contributed by atoms with Crippen molar-refractivity contribution in [2.24, 2.45) is 0 Å². The van der Waals surface area contributed by atoms with E-state index in [9.17, 15) is 0 Å². The number of aromatic nitrogens is 1. The number of benzene rings is 7. The highest BCUT2D eigenvalue weighted by molar-refractivity contribution is 6.19. The number of nitrogens with zero attached hydrogens (tertiary/aromatic N) is 1. The van der Waals surface area contributed by atoms with Crippen LogP contribution in [0.3, 0.4) is 0 Å². The summed E-state index contributed by atoms with van der Waals surface area (Å²) in [7, 11) is 0. The smallest absolute Gasteiger partial charge is 0.161 e. The highest BCUT2D eigenvalue weighted by Crippen LogP contribution is 2.41. The molecule has 0 unspecified atom stereocenters. The van der Waals surface area contributed by atoms with Crippen molar-refractivity contribution in [2.45, 2.75) is 0 Å². The molecule has 0 N–H and O–H groups in total. The summed E-state index contributed by atoms with van der Waals surface area (Å²) >= 11 is 0. The molecule has 45 heavy (non-hydrogen) atoms. The van der Waals surface area contributed by atoms with Crippen LogP contribution in [-0.2, 0) is 0 Å². The van der Waals surface area contributed by atoms with E-state index >= 15 is 0 Å². The van der Waals surface area contributed by atoms with Gasteiger partial charge in [-0.1, -0.05) is 91.0 Å². The van der Waals surface area contributed by atoms with Crippen molar-refractivity contribution in [2.75, 3.05) is 0 Å². The third kappa shape index (κ3) is 3.58. The van der Waals surface area contributed by atoms with Crippen LogP contribution in [0.25, 0.3) is 93.6 Å². The zero-order chi connectivity index (χ0) is 29.5. The fraction of sp³-hybridized carbons (Fsp3) is 0. The van der Waals surface area contributed by atoms with Crippen molar-refractivity contribution in [1.29, 1.82) is 0 Å². The minimum absolute atomic E-state index is 0.887. The van der Waals surface area contributed by atoms with Crippen LogP contribution >= 0.6 is 0 Å². The van der Waals surface area contributed by atoms with Gasteiger partial charge in [0.1, 0.15) is 22.3 Å². The van der Waals surface area contributed by atoms with Gasteiger partial charge < -0.3 is 13.4 Å². The second-order valence-electron chi connectivity index (χ2n) is 11.7. The predicted molar refractivity (Wildman–Crippen MR) is 186 cm³/mol. The molecule has 0 bridgehead atoms. The van der Waals surface area contributed by atoms with Crippen molar-refractivity contribution >= 4 is 65.7 Å². The summed E-state index contributed by atoms with van der Waals surface area (Å²) in [5.74, 6) is 0. The first kappa shape index (κ1) is 24.4. The van der Waals surface area contributed by atoms with Crippen molar-refractivity contribution in [3.63, 3.8) is 0 Å². The van der Waals surface area contributed by atoms with Crippen molar-refractivity contribution in [3.8, 4) is 27.9 Å². The highest BCUT2D eigenvalue weighted by atomic mass is 16.3. The standard InChI is InChI=1S/C42H25NO2/c1-2-12-31(13-3-1)43-36-16-7-6-15-33(36)42-41(43)35-24-29(19-21-37(35)45-42)27-10-8-11-28(23-27)30-17-20-34-39(25-30)44-38-22-18-26-9-4-5-14-32(26)40(34)38/h1-25H. The Labute approximate surface area is 258 Å². The summed E-state index contributed by atoms with van der Waals surface area (Å²) in [4.78, 5) is 0. The molecule has 0 atom stereocenters. The van der Waals surface area contributed by atoms with Gasteiger partial charge in [-0.2, -0.15) is 0 Å². The Morgan fingerprint density at radius 2 is 1.11 bits per heavy atom. The molecule has 10 rings (SSSR count). The first-order chi connectivity index (χ1) is 22.3. The van der Waals surface area contributed by atoms with E-state index in [4.69, 9.17) is 8.83 Å². The fourth-order valence-corrected chi connectivity index (χ4v) is 7.10. The molecule has 7 aromatic carbocycles. The number of rotatable bonds is 3. The molecule has 0 spiro atoms. The van der Waals surface area contributed by atoms with Crippen LogP contribution in [0.4, 0.5) is 0 Å². The average molecular weight is 576 g/mol. The maximum Gasteiger partial charge on any atom is 0.161 e. The lowest BCUT2D eigenvalue weighted by Crippen LogP contribution is -1.92. The quantitative estimate of drug-likeness (QED) is 0.210. The second kappa shape index (κ2) is 9.22. The Bertz CT molecular complexity index is 2760. The van der Waals surface area contributed by atoms with Crippen LogP contribution in [0.1, 0.15) is 0 Å². The minimum Gasteiger partial charge on any atom is -0.456 e. The molecule has 10 aromatic rings. The van der Waals surface area contributed by atoms with Crippen LogP contribution in [0, 0.1) is 0 Å². The van der Waals surface area contributed by atoms with Gasteiger partial charge in [0.05, 0.1) is 5.52 Å². The lowest BCUT2D eigenvalue weighted by atomic mass is 9.97. The fourth-order valence-electron chi connectivity index (χ4n) is 7.10. The second-order valence-corrected chi connectivity index (χ2v) is 11.7. The van der Waals surface area contributed by atoms with E-state index in [1.165, 1.54) is 16.2 Å². The average Bonchev–Trinajstić information content (AvgIpc) is 3.77. The first-order valence-corrected chi connectivity index (χ1v) is 15.3. The van der Waals surface area contributed by atoms with E-state index in [2.05, 4.69) is 156 Å². The Balaban J connectivity index is 1.12. The molecule has 210 valence electrons. The van der Waals surface area contributed by atoms with E-state index in [1.807, 2.05) is 0 Å². The summed E-state index contributed by atoms with van der Waals surface area (Å²) in [6.45, 7) is 0. The topological polar surface area (TPSA) is 31.2 Å². The van der Waals surface area contributed by atoms with Crippen molar-refractivity contribution in [1.82, 2.24) is 4.57 Å². The molecule has 0 fully saturated rings. The van der Waals surface area contributed by atoms with Gasteiger partial charge in [0, 0.05) is 27.2 Å². The zero-order valence-corrected chi connectivity index (χ0v) is 24.2. The van der Waals surface area contributed by atoms with Gasteiger partial charge in [-0.25, -0.2) is 0 Å². The van der Waals surface area contributed by atoms with E-state index in [-0.39, 0.29) is 0 Å². The van der Waals surface area contributed by atoms with Crippen LogP contribution < -0.4 is 0 Å². The monoisotopic (exact) mass is 575 g/mol. The van der Waals surface area contributed by atoms with Gasteiger partial charge in [-0.3, -0.25) is 0 Å². The maximum absolute atomic E-state index is 6.51. The molecule has 0 radical (unpaired) electrons. The first-order valence-electron chi connectivity index (χ1n) is 15.3. The van der Waals surface area contributed by atoms with E-state index in [1.54, 1.807) is 0 Å². The molecule has 0 saturated heterocycles. The van der Waals surface area contributed by atoms with E-state index < -0.39 is 0 Å². The van der Waals surface area contributed by atoms with Crippen LogP contribution in [-0.4, -0.2) is 4.57 Å². The Hall–Kier alpha value is -6.06. The van der Waals surface area contributed by atoms with Gasteiger partial charge in [0.2, 0.25) is 0 Å². The molecular weight excluding hydrogens is 550 g/mol. The number of hydrogen-bond donors (Lipinski definition) is 0. The third-order valence-electron chi connectivity index (χ3n) is 9.18. The molecule has 0 amide bonds. The van der Waals surface area contributed by atoms with Crippen LogP contribution in [0.5, 0.6) is 0 Å². The van der Waals surface area contributed by atoms with Gasteiger partial charge in [0.25, 0.3) is 0 Å². The lowest BCUT2D eigenvalue weighted by Gasteiger charge is -2.09. The number of furan rings is 2. The largest absolute Gasteiger partial charge is 0.456 e. The normalized spacial score (nSPS) is 12.0. The van der Waals surface area contributed by atoms with Crippen molar-refractivity contribution < 1.29 is 8.83 Å². The Morgan fingerprint density at radius 1 is 0.400 bits per heavy atom. The molecule has 0 aliphatic rings. The summed E-state index contributed by atoms with van der Waals surface area (Å²) in [6.07, 6.45) is 0. The molecule has 3 heterocycles. The highest BCUT2D eigenvalue weighted by Gasteiger charge is 2.20. The minimum atomic E-state index is 0.887. The summed E-state index contributed by atoms with van der Waals surface area (Å²) in [6, 6.07) is 53.6. The number of hydrogen-bond acceptors (Lipinski definition) is 2. The Morgan fingerprint density at radius 3 is 2.00 bits per heavy atom. The van der Waals surface area contributed by atoms with Crippen LogP contribution in [0.2, 0.25) is 0 Å². The number of para-hydroxylation sites is 2. The molecule has 3 heteroatoms. The maximum atomic E-state index is 6.51. The predicted octanol–water partition coefficient (Wildman–Crippen LogP) is 11.9. The molecule has 0 aliphatic carbocycles. The number of fused-ring (bicyclic) bond motifs is 10. The molecule has 0 saturated carbocycles. The molecule has 3 nitrogen and oxygen atoms in total. The summed E-state index contributed by atoms with van der Waals surface area (Å²) in [5.41, 5.74) is 11.6. The van der Waals surface area contributed by atoms with Gasteiger partial charge >= 0.3 is 0 Å². The third-order valence-corrected chi connectivity index (χ3v) is 9.18. The molecule has 3 aromatic heterocycles. The van der Waals surface area contributed by atoms with E-state index in [0.29, 0.717) is 0 Å². The molecule has 0 aliphatic heterocycles. The van der Waals surface area contributed by atoms with Crippen molar-refractivity contribution in [3.05, 3.63) is 152 Å². The SMILES string of the molecule is c1ccc(-n2c3ccccc3c3oc4ccc(-c5cccc(-c6ccc7c(c6)oc6ccc8ccccc8c67)c5)cc4c32)cc1. The van der Waals surface area contributed by atoms with Gasteiger partial charge in [0.15, 0.2) is 5.58 Å². The Kier molecular flexibility index (Phi) is 5.00. The summed E-state index contributed by atoms with van der Waals surface area (Å²) in [5, 5.41) is 6.98. The van der Waals surface area contributed by atoms with Gasteiger partial charge in [-0.15, -0.1) is 0 Å². The zero-order valence-electron chi connectivity index (χ0n) is 24.2. The molecular formula is C42H25NO2. The van der Waals surface area contributed by atoms with E-state index in [0.717, 1.165) is 77.5 Å². The van der Waals surface area contributed by atoms with Crippen LogP contribution in [0.15, 0.2) is 160 Å². The lowest BCUT2D eigenvalue weighted by molar-refractivity contribution is 0.669. The summed E-state index contributed by atoms with van der Waals surface area (Å²) < 4.78 is 15.2.